The van der Waals surface area contributed by atoms with Crippen LogP contribution in [-0.4, -0.2) is 54.3 Å². The fraction of sp³-hybridized carbons (Fsp3) is 0.429. The molecule has 0 bridgehead atoms. The van der Waals surface area contributed by atoms with Crippen molar-refractivity contribution in [2.45, 2.75) is 18.6 Å². The van der Waals surface area contributed by atoms with Crippen molar-refractivity contribution in [3.8, 4) is 5.75 Å². The summed E-state index contributed by atoms with van der Waals surface area (Å²) < 4.78 is 10.5. The second kappa shape index (κ2) is 6.38. The fourth-order valence-corrected chi connectivity index (χ4v) is 2.22. The average Bonchev–Trinajstić information content (AvgIpc) is 2.90. The lowest BCUT2D eigenvalue weighted by Crippen LogP contribution is -2.43. The topological polar surface area (TPSA) is 76.1 Å². The minimum absolute atomic E-state index is 0.176. The quantitative estimate of drug-likeness (QED) is 0.861. The van der Waals surface area contributed by atoms with Crippen LogP contribution in [0.2, 0.25) is 0 Å². The Morgan fingerprint density at radius 1 is 1.35 bits per heavy atom. The van der Waals surface area contributed by atoms with Gasteiger partial charge in [0.25, 0.3) is 5.91 Å². The van der Waals surface area contributed by atoms with E-state index in [-0.39, 0.29) is 25.2 Å². The standard InChI is InChI=1S/C14H17NO5/c1-19-11-7-12(14(17)18)15(8-11)13(16)9-20-10-5-3-2-4-6-10/h2-6,11-12H,7-9H2,1H3,(H,17,18). The molecule has 2 atom stereocenters. The number of ether oxygens (including phenoxy) is 2. The smallest absolute Gasteiger partial charge is 0.326 e. The van der Waals surface area contributed by atoms with Crippen LogP contribution in [0.4, 0.5) is 0 Å². The van der Waals surface area contributed by atoms with E-state index in [1.54, 1.807) is 24.3 Å². The molecule has 2 unspecified atom stereocenters. The van der Waals surface area contributed by atoms with Crippen LogP contribution in [0, 0.1) is 0 Å². The number of carboxylic acid groups (broad SMARTS) is 1. The number of carboxylic acids is 1. The second-order valence-electron chi connectivity index (χ2n) is 4.60. The number of hydrogen-bond donors (Lipinski definition) is 1. The van der Waals surface area contributed by atoms with Gasteiger partial charge in [0.1, 0.15) is 11.8 Å². The van der Waals surface area contributed by atoms with Gasteiger partial charge >= 0.3 is 5.97 Å². The molecule has 0 saturated carbocycles. The maximum atomic E-state index is 12.1. The summed E-state index contributed by atoms with van der Waals surface area (Å²) in [5.74, 6) is -0.784. The first kappa shape index (κ1) is 14.3. The number of amides is 1. The Bertz CT molecular complexity index is 476. The van der Waals surface area contributed by atoms with E-state index in [2.05, 4.69) is 0 Å². The van der Waals surface area contributed by atoms with Crippen LogP contribution < -0.4 is 4.74 Å². The molecular weight excluding hydrogens is 262 g/mol. The van der Waals surface area contributed by atoms with Crippen molar-refractivity contribution >= 4 is 11.9 Å². The summed E-state index contributed by atoms with van der Waals surface area (Å²) in [6, 6.07) is 8.09. The van der Waals surface area contributed by atoms with Crippen LogP contribution in [-0.2, 0) is 14.3 Å². The highest BCUT2D eigenvalue weighted by molar-refractivity contribution is 5.85. The molecular formula is C14H17NO5. The molecule has 0 radical (unpaired) electrons. The molecule has 6 nitrogen and oxygen atoms in total. The minimum atomic E-state index is -1.02. The van der Waals surface area contributed by atoms with E-state index in [4.69, 9.17) is 14.6 Å². The van der Waals surface area contributed by atoms with Crippen LogP contribution in [0.15, 0.2) is 30.3 Å². The van der Waals surface area contributed by atoms with Gasteiger partial charge < -0.3 is 19.5 Å². The van der Waals surface area contributed by atoms with Crippen molar-refractivity contribution in [3.63, 3.8) is 0 Å². The van der Waals surface area contributed by atoms with E-state index < -0.39 is 12.0 Å². The Morgan fingerprint density at radius 3 is 2.65 bits per heavy atom. The van der Waals surface area contributed by atoms with E-state index in [9.17, 15) is 9.59 Å². The molecule has 1 aromatic carbocycles. The van der Waals surface area contributed by atoms with Gasteiger partial charge in [-0.1, -0.05) is 18.2 Å². The van der Waals surface area contributed by atoms with E-state index in [1.807, 2.05) is 6.07 Å². The summed E-state index contributed by atoms with van der Waals surface area (Å²) in [6.07, 6.45) is 0.0693. The van der Waals surface area contributed by atoms with Crippen molar-refractivity contribution in [3.05, 3.63) is 30.3 Å². The zero-order chi connectivity index (χ0) is 14.5. The molecule has 1 fully saturated rings. The summed E-state index contributed by atoms with van der Waals surface area (Å²) in [5, 5.41) is 9.14. The first-order valence-corrected chi connectivity index (χ1v) is 6.34. The number of methoxy groups -OCH3 is 1. The summed E-state index contributed by atoms with van der Waals surface area (Å²) in [6.45, 7) is 0.106. The Hall–Kier alpha value is -2.08. The van der Waals surface area contributed by atoms with E-state index in [0.29, 0.717) is 12.2 Å². The van der Waals surface area contributed by atoms with Crippen molar-refractivity contribution in [2.75, 3.05) is 20.3 Å². The molecule has 0 aromatic heterocycles. The van der Waals surface area contributed by atoms with Crippen LogP contribution >= 0.6 is 0 Å². The van der Waals surface area contributed by atoms with Crippen molar-refractivity contribution in [1.82, 2.24) is 4.90 Å². The van der Waals surface area contributed by atoms with Gasteiger partial charge in [-0.3, -0.25) is 4.79 Å². The van der Waals surface area contributed by atoms with Gasteiger partial charge in [-0.15, -0.1) is 0 Å². The monoisotopic (exact) mass is 279 g/mol. The van der Waals surface area contributed by atoms with Gasteiger partial charge in [-0.25, -0.2) is 4.79 Å². The van der Waals surface area contributed by atoms with Gasteiger partial charge in [-0.2, -0.15) is 0 Å². The van der Waals surface area contributed by atoms with Crippen molar-refractivity contribution in [1.29, 1.82) is 0 Å². The normalized spacial score (nSPS) is 21.8. The Kier molecular flexibility index (Phi) is 4.57. The van der Waals surface area contributed by atoms with E-state index >= 15 is 0 Å². The zero-order valence-corrected chi connectivity index (χ0v) is 11.2. The molecule has 20 heavy (non-hydrogen) atoms. The number of carbonyl (C=O) groups excluding carboxylic acids is 1. The van der Waals surface area contributed by atoms with Crippen LogP contribution in [0.3, 0.4) is 0 Å². The summed E-state index contributed by atoms with van der Waals surface area (Å²) in [4.78, 5) is 24.5. The molecule has 0 spiro atoms. The van der Waals surface area contributed by atoms with Crippen LogP contribution in [0.5, 0.6) is 5.75 Å². The molecule has 0 aliphatic carbocycles. The molecule has 1 amide bonds. The Morgan fingerprint density at radius 2 is 2.05 bits per heavy atom. The van der Waals surface area contributed by atoms with Gasteiger partial charge in [0, 0.05) is 20.1 Å². The molecule has 1 aliphatic heterocycles. The number of carbonyl (C=O) groups is 2. The highest BCUT2D eigenvalue weighted by atomic mass is 16.5. The zero-order valence-electron chi connectivity index (χ0n) is 11.2. The Balaban J connectivity index is 1.95. The highest BCUT2D eigenvalue weighted by Crippen LogP contribution is 2.20. The molecule has 1 N–H and O–H groups in total. The van der Waals surface area contributed by atoms with Gasteiger partial charge in [0.2, 0.25) is 0 Å². The molecule has 1 aliphatic rings. The average molecular weight is 279 g/mol. The molecule has 6 heteroatoms. The SMILES string of the molecule is COC1CC(C(=O)O)N(C(=O)COc2ccccc2)C1. The van der Waals surface area contributed by atoms with Crippen LogP contribution in [0.1, 0.15) is 6.42 Å². The highest BCUT2D eigenvalue weighted by Gasteiger charge is 2.39. The number of rotatable bonds is 5. The third-order valence-electron chi connectivity index (χ3n) is 3.31. The maximum absolute atomic E-state index is 12.1. The lowest BCUT2D eigenvalue weighted by Gasteiger charge is -2.21. The van der Waals surface area contributed by atoms with Crippen molar-refractivity contribution < 1.29 is 24.2 Å². The first-order chi connectivity index (χ1) is 9.61. The third kappa shape index (κ3) is 3.27. The minimum Gasteiger partial charge on any atom is -0.484 e. The molecule has 2 rings (SSSR count). The number of hydrogen-bond acceptors (Lipinski definition) is 4. The lowest BCUT2D eigenvalue weighted by atomic mass is 10.2. The molecule has 108 valence electrons. The molecule has 1 saturated heterocycles. The predicted molar refractivity (Wildman–Crippen MR) is 70.5 cm³/mol. The number of para-hydroxylation sites is 1. The third-order valence-corrected chi connectivity index (χ3v) is 3.31. The Labute approximate surface area is 116 Å². The van der Waals surface area contributed by atoms with Crippen molar-refractivity contribution in [2.24, 2.45) is 0 Å². The van der Waals surface area contributed by atoms with E-state index in [0.717, 1.165) is 0 Å². The molecule has 1 aromatic rings. The lowest BCUT2D eigenvalue weighted by molar-refractivity contribution is -0.148. The van der Waals surface area contributed by atoms with Gasteiger partial charge in [0.15, 0.2) is 6.61 Å². The fourth-order valence-electron chi connectivity index (χ4n) is 2.22. The number of aliphatic carboxylic acids is 1. The molecule has 1 heterocycles. The number of likely N-dealkylation sites (tertiary alicyclic amines) is 1. The maximum Gasteiger partial charge on any atom is 0.326 e. The van der Waals surface area contributed by atoms with Gasteiger partial charge in [-0.05, 0) is 12.1 Å². The predicted octanol–water partition coefficient (Wildman–Crippen LogP) is 0.766. The second-order valence-corrected chi connectivity index (χ2v) is 4.60. The number of benzene rings is 1. The summed E-state index contributed by atoms with van der Waals surface area (Å²) in [7, 11) is 1.51. The first-order valence-electron chi connectivity index (χ1n) is 6.34. The van der Waals surface area contributed by atoms with Crippen LogP contribution in [0.25, 0.3) is 0 Å². The largest absolute Gasteiger partial charge is 0.484 e. The number of nitrogens with zero attached hydrogens (tertiary/aromatic N) is 1. The van der Waals surface area contributed by atoms with Gasteiger partial charge in [0.05, 0.1) is 6.10 Å². The summed E-state index contributed by atoms with van der Waals surface area (Å²) >= 11 is 0. The summed E-state index contributed by atoms with van der Waals surface area (Å²) in [5.41, 5.74) is 0. The van der Waals surface area contributed by atoms with E-state index in [1.165, 1.54) is 12.0 Å².